The van der Waals surface area contributed by atoms with Crippen molar-refractivity contribution >= 4 is 12.0 Å². The number of nitrogens with zero attached hydrogens (tertiary/aromatic N) is 3. The first-order valence-corrected chi connectivity index (χ1v) is 2.89. The van der Waals surface area contributed by atoms with Crippen LogP contribution in [0.3, 0.4) is 0 Å². The first kappa shape index (κ1) is 7.37. The van der Waals surface area contributed by atoms with E-state index >= 15 is 0 Å². The molecule has 1 rings (SSSR count). The van der Waals surface area contributed by atoms with Crippen LogP contribution in [0.15, 0.2) is 10.6 Å². The molecule has 1 heterocycles. The van der Waals surface area contributed by atoms with E-state index in [1.807, 2.05) is 0 Å². The minimum Gasteiger partial charge on any atom is -0.361 e. The van der Waals surface area contributed by atoms with Crippen LogP contribution in [0.25, 0.3) is 5.53 Å². The van der Waals surface area contributed by atoms with Crippen molar-refractivity contribution in [2.24, 2.45) is 0 Å². The van der Waals surface area contributed by atoms with Crippen LogP contribution < -0.4 is 0 Å². The summed E-state index contributed by atoms with van der Waals surface area (Å²) in [5.74, 6) is 0.558. The Kier molecular flexibility index (Phi) is 1.94. The summed E-state index contributed by atoms with van der Waals surface area (Å²) in [6.45, 7) is 1.68. The summed E-state index contributed by atoms with van der Waals surface area (Å²) in [5, 5.41) is 3.46. The molecule has 5 heteroatoms. The quantitative estimate of drug-likeness (QED) is 0.262. The second-order valence-electron chi connectivity index (χ2n) is 1.93. The zero-order valence-corrected chi connectivity index (χ0v) is 5.81. The van der Waals surface area contributed by atoms with Crippen LogP contribution in [-0.4, -0.2) is 21.9 Å². The molecule has 56 valence electrons. The van der Waals surface area contributed by atoms with Crippen molar-refractivity contribution in [1.29, 1.82) is 0 Å². The lowest BCUT2D eigenvalue weighted by atomic mass is 10.3. The third kappa shape index (κ3) is 1.39. The Bertz CT molecular complexity index is 322. The molecule has 5 nitrogen and oxygen atoms in total. The molecule has 0 bridgehead atoms. The molecule has 0 N–H and O–H groups in total. The zero-order valence-electron chi connectivity index (χ0n) is 5.81. The predicted octanol–water partition coefficient (Wildman–Crippen LogP) is 0.201. The molecule has 0 amide bonds. The summed E-state index contributed by atoms with van der Waals surface area (Å²) in [6.07, 6.45) is 0.400. The molecule has 0 radical (unpaired) electrons. The van der Waals surface area contributed by atoms with Crippen LogP contribution in [0.4, 0.5) is 0 Å². The average molecular weight is 151 g/mol. The molecular weight excluding hydrogens is 146 g/mol. The van der Waals surface area contributed by atoms with E-state index in [0.29, 0.717) is 12.0 Å². The van der Waals surface area contributed by atoms with Crippen LogP contribution in [0.5, 0.6) is 0 Å². The van der Waals surface area contributed by atoms with Crippen molar-refractivity contribution in [3.8, 4) is 0 Å². The third-order valence-electron chi connectivity index (χ3n) is 1.11. The number of aldehydes is 1. The molecule has 1 aromatic heterocycles. The highest BCUT2D eigenvalue weighted by atomic mass is 16.5. The van der Waals surface area contributed by atoms with Gasteiger partial charge in [0.1, 0.15) is 5.76 Å². The molecule has 0 fully saturated rings. The van der Waals surface area contributed by atoms with Gasteiger partial charge in [-0.1, -0.05) is 5.16 Å². The van der Waals surface area contributed by atoms with Crippen molar-refractivity contribution in [2.75, 3.05) is 0 Å². The Hall–Kier alpha value is -1.74. The molecule has 11 heavy (non-hydrogen) atoms. The van der Waals surface area contributed by atoms with E-state index in [2.05, 4.69) is 14.5 Å². The van der Waals surface area contributed by atoms with Gasteiger partial charge in [-0.3, -0.25) is 4.79 Å². The first-order valence-electron chi connectivity index (χ1n) is 2.89. The minimum absolute atomic E-state index is 0.137. The van der Waals surface area contributed by atoms with Gasteiger partial charge in [-0.2, -0.15) is 4.79 Å². The zero-order chi connectivity index (χ0) is 8.27. The molecule has 0 atom stereocenters. The lowest BCUT2D eigenvalue weighted by Gasteiger charge is -1.72. The van der Waals surface area contributed by atoms with Crippen molar-refractivity contribution in [2.45, 2.75) is 6.92 Å². The number of carbonyl (C=O) groups is 1. The Morgan fingerprint density at radius 2 is 2.64 bits per heavy atom. The number of hydrogen-bond acceptors (Lipinski definition) is 3. The number of carbonyl (C=O) groups excluding carboxylic acids is 1. The van der Waals surface area contributed by atoms with Crippen LogP contribution in [0.1, 0.15) is 11.5 Å². The number of aromatic nitrogens is 1. The van der Waals surface area contributed by atoms with Gasteiger partial charge in [0.05, 0.1) is 0 Å². The van der Waals surface area contributed by atoms with Gasteiger partial charge >= 0.3 is 5.71 Å². The summed E-state index contributed by atoms with van der Waals surface area (Å²) >= 11 is 0. The summed E-state index contributed by atoms with van der Waals surface area (Å²) < 4.78 is 4.65. The molecule has 0 saturated heterocycles. The summed E-state index contributed by atoms with van der Waals surface area (Å²) in [7, 11) is 0. The van der Waals surface area contributed by atoms with Gasteiger partial charge in [-0.15, -0.1) is 0 Å². The lowest BCUT2D eigenvalue weighted by Crippen LogP contribution is -2.03. The highest BCUT2D eigenvalue weighted by molar-refractivity contribution is 6.32. The molecular formula is C6H5N3O2. The van der Waals surface area contributed by atoms with Crippen LogP contribution >= 0.6 is 0 Å². The van der Waals surface area contributed by atoms with Gasteiger partial charge in [0.2, 0.25) is 6.29 Å². The highest BCUT2D eigenvalue weighted by Gasteiger charge is 2.14. The van der Waals surface area contributed by atoms with Gasteiger partial charge in [0, 0.05) is 6.07 Å². The van der Waals surface area contributed by atoms with Gasteiger partial charge in [0.15, 0.2) is 5.69 Å². The second-order valence-corrected chi connectivity index (χ2v) is 1.93. The van der Waals surface area contributed by atoms with E-state index in [4.69, 9.17) is 5.53 Å². The molecule has 1 aromatic rings. The molecule has 0 spiro atoms. The Balaban J connectivity index is 3.10. The van der Waals surface area contributed by atoms with Crippen molar-refractivity contribution in [1.82, 2.24) is 5.16 Å². The van der Waals surface area contributed by atoms with Crippen molar-refractivity contribution in [3.63, 3.8) is 0 Å². The third-order valence-corrected chi connectivity index (χ3v) is 1.11. The first-order chi connectivity index (χ1) is 5.27. The number of aryl methyl sites for hydroxylation is 1. The maximum atomic E-state index is 10.2. The largest absolute Gasteiger partial charge is 0.383 e. The predicted molar refractivity (Wildman–Crippen MR) is 35.0 cm³/mol. The molecule has 0 saturated carbocycles. The maximum Gasteiger partial charge on any atom is 0.383 e. The average Bonchev–Trinajstić information content (AvgIpc) is 2.39. The van der Waals surface area contributed by atoms with Crippen LogP contribution in [-0.2, 0) is 4.79 Å². The Morgan fingerprint density at radius 1 is 1.91 bits per heavy atom. The smallest absolute Gasteiger partial charge is 0.361 e. The summed E-state index contributed by atoms with van der Waals surface area (Å²) in [5.41, 5.74) is 8.36. The normalized spacial score (nSPS) is 8.82. The maximum absolute atomic E-state index is 10.2. The molecule has 0 aliphatic heterocycles. The number of hydrogen-bond donors (Lipinski definition) is 0. The fourth-order valence-electron chi connectivity index (χ4n) is 0.622. The Labute approximate surface area is 62.2 Å². The second kappa shape index (κ2) is 2.90. The minimum atomic E-state index is -0.137. The van der Waals surface area contributed by atoms with Gasteiger partial charge < -0.3 is 10.1 Å². The molecule has 0 unspecified atom stereocenters. The molecule has 0 aromatic carbocycles. The fraction of sp³-hybridized carbons (Fsp3) is 0.167. The monoisotopic (exact) mass is 151 g/mol. The van der Waals surface area contributed by atoms with Gasteiger partial charge in [0.25, 0.3) is 0 Å². The van der Waals surface area contributed by atoms with Crippen molar-refractivity contribution in [3.05, 3.63) is 23.1 Å². The van der Waals surface area contributed by atoms with E-state index in [9.17, 15) is 4.79 Å². The molecule has 0 aliphatic carbocycles. The number of rotatable bonds is 2. The van der Waals surface area contributed by atoms with Gasteiger partial charge in [-0.05, 0) is 6.92 Å². The van der Waals surface area contributed by atoms with E-state index in [0.717, 1.165) is 0 Å². The Morgan fingerprint density at radius 3 is 3.00 bits per heavy atom. The van der Waals surface area contributed by atoms with Gasteiger partial charge in [-0.25, -0.2) is 0 Å². The van der Waals surface area contributed by atoms with E-state index in [1.165, 1.54) is 6.07 Å². The van der Waals surface area contributed by atoms with E-state index in [1.54, 1.807) is 6.92 Å². The van der Waals surface area contributed by atoms with Crippen molar-refractivity contribution < 1.29 is 14.1 Å². The summed E-state index contributed by atoms with van der Waals surface area (Å²) in [6, 6.07) is 1.50. The lowest BCUT2D eigenvalue weighted by molar-refractivity contribution is -0.106. The van der Waals surface area contributed by atoms with E-state index in [-0.39, 0.29) is 11.4 Å². The topological polar surface area (TPSA) is 79.5 Å². The standard InChI is InChI=1S/C6H5N3O2/c1-4-2-5(9-11-4)6(3-10)8-7/h2-3H,1H3. The SMILES string of the molecule is Cc1cc(C(C=O)=[N+]=[N-])no1. The molecule has 0 aliphatic rings. The van der Waals surface area contributed by atoms with E-state index < -0.39 is 0 Å². The van der Waals surface area contributed by atoms with Crippen LogP contribution in [0.2, 0.25) is 0 Å². The highest BCUT2D eigenvalue weighted by Crippen LogP contribution is 2.00. The summed E-state index contributed by atoms with van der Waals surface area (Å²) in [4.78, 5) is 12.9. The van der Waals surface area contributed by atoms with Crippen LogP contribution in [0, 0.1) is 6.92 Å². The fourth-order valence-corrected chi connectivity index (χ4v) is 0.622.